The van der Waals surface area contributed by atoms with Crippen LogP contribution in [0.5, 0.6) is 5.75 Å². The highest BCUT2D eigenvalue weighted by molar-refractivity contribution is 5.33. The fraction of sp³-hybridized carbons (Fsp3) is 0.400. The number of benzene rings is 2. The zero-order valence-corrected chi connectivity index (χ0v) is 14.3. The van der Waals surface area contributed by atoms with Crippen molar-refractivity contribution in [3.63, 3.8) is 0 Å². The van der Waals surface area contributed by atoms with Crippen molar-refractivity contribution in [1.82, 2.24) is 0 Å². The van der Waals surface area contributed by atoms with E-state index in [1.165, 1.54) is 5.56 Å². The number of hydrogen-bond donors (Lipinski definition) is 1. The zero-order chi connectivity index (χ0) is 16.3. The number of phenols is 1. The molecule has 1 N–H and O–H groups in total. The van der Waals surface area contributed by atoms with Crippen LogP contribution in [0.3, 0.4) is 0 Å². The molecule has 0 fully saturated rings. The highest BCUT2D eigenvalue weighted by atomic mass is 16.3. The van der Waals surface area contributed by atoms with Gasteiger partial charge in [-0.05, 0) is 29.0 Å². The predicted octanol–water partition coefficient (Wildman–Crippen LogP) is 6.35. The number of hydrogen-bond acceptors (Lipinski definition) is 1. The monoisotopic (exact) mass is 286 g/mol. The van der Waals surface area contributed by atoms with Gasteiger partial charge in [-0.2, -0.15) is 0 Å². The van der Waals surface area contributed by atoms with E-state index >= 15 is 0 Å². The van der Waals surface area contributed by atoms with E-state index in [0.717, 1.165) is 5.56 Å². The molecule has 0 amide bonds. The molecule has 2 aromatic carbocycles. The summed E-state index contributed by atoms with van der Waals surface area (Å²) < 4.78 is 0. The summed E-state index contributed by atoms with van der Waals surface area (Å²) in [5.74, 6) is 1.46. The second-order valence-corrected chi connectivity index (χ2v) is 5.28. The predicted molar refractivity (Wildman–Crippen MR) is 94.1 cm³/mol. The van der Waals surface area contributed by atoms with Gasteiger partial charge < -0.3 is 5.11 Å². The third kappa shape index (κ3) is 7.55. The molecule has 0 aliphatic carbocycles. The summed E-state index contributed by atoms with van der Waals surface area (Å²) in [5, 5.41) is 9.28. The minimum atomic E-state index is 0.400. The van der Waals surface area contributed by atoms with Crippen molar-refractivity contribution < 1.29 is 5.11 Å². The summed E-state index contributed by atoms with van der Waals surface area (Å²) in [4.78, 5) is 0. The first kappa shape index (κ1) is 19.2. The Kier molecular flexibility index (Phi) is 10.0. The number of phenolic OH excluding ortho intramolecular Hbond substituents is 1. The average Bonchev–Trinajstić information content (AvgIpc) is 2.51. The van der Waals surface area contributed by atoms with Crippen LogP contribution in [0, 0.1) is 0 Å². The van der Waals surface area contributed by atoms with Gasteiger partial charge in [-0.25, -0.2) is 0 Å². The molecular formula is C20H30O. The van der Waals surface area contributed by atoms with Gasteiger partial charge >= 0.3 is 0 Å². The number of aromatic hydroxyl groups is 1. The van der Waals surface area contributed by atoms with Crippen LogP contribution >= 0.6 is 0 Å². The maximum Gasteiger partial charge on any atom is 0.119 e. The van der Waals surface area contributed by atoms with Crippen LogP contribution in [0.15, 0.2) is 54.6 Å². The Morgan fingerprint density at radius 2 is 1.14 bits per heavy atom. The van der Waals surface area contributed by atoms with Gasteiger partial charge in [-0.1, -0.05) is 90.1 Å². The second-order valence-electron chi connectivity index (χ2n) is 5.28. The molecule has 0 heterocycles. The largest absolute Gasteiger partial charge is 0.508 e. The first-order chi connectivity index (χ1) is 10.0. The molecule has 0 spiro atoms. The number of rotatable bonds is 2. The molecule has 0 saturated carbocycles. The highest BCUT2D eigenvalue weighted by Gasteiger charge is 2.02. The third-order valence-corrected chi connectivity index (χ3v) is 3.03. The molecule has 0 bridgehead atoms. The minimum Gasteiger partial charge on any atom is -0.508 e. The molecule has 2 rings (SSSR count). The Bertz CT molecular complexity index is 472. The highest BCUT2D eigenvalue weighted by Crippen LogP contribution is 2.23. The van der Waals surface area contributed by atoms with E-state index in [9.17, 15) is 5.11 Å². The molecule has 0 unspecified atom stereocenters. The van der Waals surface area contributed by atoms with E-state index < -0.39 is 0 Å². The van der Waals surface area contributed by atoms with Gasteiger partial charge in [0.15, 0.2) is 0 Å². The Balaban J connectivity index is 0.000000342. The molecule has 1 nitrogen and oxygen atoms in total. The zero-order valence-electron chi connectivity index (χ0n) is 14.3. The molecule has 2 aromatic rings. The summed E-state index contributed by atoms with van der Waals surface area (Å²) in [6.45, 7) is 12.5. The smallest absolute Gasteiger partial charge is 0.119 e. The van der Waals surface area contributed by atoms with E-state index in [0.29, 0.717) is 17.6 Å². The van der Waals surface area contributed by atoms with Gasteiger partial charge in [-0.15, -0.1) is 0 Å². The molecule has 0 atom stereocenters. The van der Waals surface area contributed by atoms with Crippen molar-refractivity contribution in [3.05, 3.63) is 65.7 Å². The van der Waals surface area contributed by atoms with Crippen molar-refractivity contribution in [2.45, 2.75) is 53.4 Å². The molecule has 21 heavy (non-hydrogen) atoms. The van der Waals surface area contributed by atoms with Crippen molar-refractivity contribution in [2.24, 2.45) is 0 Å². The van der Waals surface area contributed by atoms with E-state index in [-0.39, 0.29) is 0 Å². The lowest BCUT2D eigenvalue weighted by Crippen LogP contribution is -1.85. The van der Waals surface area contributed by atoms with Gasteiger partial charge in [0.25, 0.3) is 0 Å². The van der Waals surface area contributed by atoms with Crippen molar-refractivity contribution >= 4 is 0 Å². The third-order valence-electron chi connectivity index (χ3n) is 3.03. The van der Waals surface area contributed by atoms with Crippen molar-refractivity contribution in [3.8, 4) is 5.75 Å². The van der Waals surface area contributed by atoms with E-state index in [1.54, 1.807) is 6.07 Å². The molecule has 0 aromatic heterocycles. The standard InChI is InChI=1S/C9H12O.C9H12.C2H6/c1-7(2)8-5-3-4-6-9(8)10;1-8(2)9-6-4-3-5-7-9;1-2/h3-7,10H,1-2H3;3-8H,1-2H3;1-2H3. The van der Waals surface area contributed by atoms with Crippen LogP contribution in [0.25, 0.3) is 0 Å². The summed E-state index contributed by atoms with van der Waals surface area (Å²) in [7, 11) is 0. The first-order valence-electron chi connectivity index (χ1n) is 7.85. The molecule has 0 aliphatic rings. The van der Waals surface area contributed by atoms with Crippen LogP contribution in [-0.2, 0) is 0 Å². The van der Waals surface area contributed by atoms with Crippen LogP contribution in [0.4, 0.5) is 0 Å². The Morgan fingerprint density at radius 1 is 0.667 bits per heavy atom. The minimum absolute atomic E-state index is 0.400. The lowest BCUT2D eigenvalue weighted by molar-refractivity contribution is 0.465. The van der Waals surface area contributed by atoms with Crippen LogP contribution in [0.1, 0.15) is 64.5 Å². The van der Waals surface area contributed by atoms with E-state index in [4.69, 9.17) is 0 Å². The Labute approximate surface area is 130 Å². The molecular weight excluding hydrogens is 256 g/mol. The van der Waals surface area contributed by atoms with Gasteiger partial charge in [0, 0.05) is 0 Å². The fourth-order valence-corrected chi connectivity index (χ4v) is 1.81. The van der Waals surface area contributed by atoms with Gasteiger partial charge in [0.05, 0.1) is 0 Å². The maximum absolute atomic E-state index is 9.28. The fourth-order valence-electron chi connectivity index (χ4n) is 1.81. The molecule has 0 aliphatic heterocycles. The van der Waals surface area contributed by atoms with Crippen LogP contribution < -0.4 is 0 Å². The molecule has 0 radical (unpaired) electrons. The normalized spacial score (nSPS) is 9.52. The van der Waals surface area contributed by atoms with Gasteiger partial charge in [-0.3, -0.25) is 0 Å². The van der Waals surface area contributed by atoms with Crippen molar-refractivity contribution in [1.29, 1.82) is 0 Å². The maximum atomic E-state index is 9.28. The Morgan fingerprint density at radius 3 is 1.48 bits per heavy atom. The Hall–Kier alpha value is -1.76. The summed E-state index contributed by atoms with van der Waals surface area (Å²) in [6, 6.07) is 18.0. The van der Waals surface area contributed by atoms with Crippen molar-refractivity contribution in [2.75, 3.05) is 0 Å². The quantitative estimate of drug-likeness (QED) is 0.681. The summed E-state index contributed by atoms with van der Waals surface area (Å²) in [5.41, 5.74) is 2.43. The van der Waals surface area contributed by atoms with Crippen LogP contribution in [-0.4, -0.2) is 5.11 Å². The second kappa shape index (κ2) is 11.0. The lowest BCUT2D eigenvalue weighted by atomic mass is 10.0. The van der Waals surface area contributed by atoms with E-state index in [1.807, 2.05) is 38.1 Å². The summed E-state index contributed by atoms with van der Waals surface area (Å²) >= 11 is 0. The molecule has 116 valence electrons. The van der Waals surface area contributed by atoms with Crippen LogP contribution in [0.2, 0.25) is 0 Å². The number of para-hydroxylation sites is 1. The summed E-state index contributed by atoms with van der Waals surface area (Å²) in [6.07, 6.45) is 0. The topological polar surface area (TPSA) is 20.2 Å². The first-order valence-corrected chi connectivity index (χ1v) is 7.85. The molecule has 0 saturated heterocycles. The van der Waals surface area contributed by atoms with Gasteiger partial charge in [0.2, 0.25) is 0 Å². The molecule has 1 heteroatoms. The lowest BCUT2D eigenvalue weighted by Gasteiger charge is -2.05. The SMILES string of the molecule is CC.CC(C)c1ccccc1.CC(C)c1ccccc1O. The average molecular weight is 286 g/mol. The van der Waals surface area contributed by atoms with Gasteiger partial charge in [0.1, 0.15) is 5.75 Å². The van der Waals surface area contributed by atoms with E-state index in [2.05, 4.69) is 52.0 Å².